The van der Waals surface area contributed by atoms with Gasteiger partial charge < -0.3 is 0 Å². The lowest BCUT2D eigenvalue weighted by Crippen LogP contribution is -2.15. The lowest BCUT2D eigenvalue weighted by molar-refractivity contribution is -0.384. The van der Waals surface area contributed by atoms with Crippen molar-refractivity contribution in [2.75, 3.05) is 4.72 Å². The Labute approximate surface area is 124 Å². The van der Waals surface area contributed by atoms with Crippen LogP contribution < -0.4 is 4.72 Å². The second kappa shape index (κ2) is 5.68. The maximum atomic E-state index is 13.6. The van der Waals surface area contributed by atoms with Crippen LogP contribution in [0.25, 0.3) is 0 Å². The molecule has 0 aliphatic heterocycles. The molecule has 0 bridgehead atoms. The average molecular weight is 328 g/mol. The molecule has 22 heavy (non-hydrogen) atoms. The summed E-state index contributed by atoms with van der Waals surface area (Å²) in [4.78, 5) is 9.29. The zero-order valence-corrected chi connectivity index (χ0v) is 12.0. The molecule has 2 aromatic carbocycles. The van der Waals surface area contributed by atoms with E-state index in [2.05, 4.69) is 4.72 Å². The molecule has 0 fully saturated rings. The van der Waals surface area contributed by atoms with Gasteiger partial charge in [-0.05, 0) is 30.7 Å². The number of nitrogens with one attached hydrogen (secondary N) is 1. The van der Waals surface area contributed by atoms with Crippen molar-refractivity contribution >= 4 is 21.4 Å². The van der Waals surface area contributed by atoms with E-state index in [1.165, 1.54) is 19.1 Å². The van der Waals surface area contributed by atoms with Crippen LogP contribution in [0, 0.1) is 28.7 Å². The molecule has 0 aliphatic carbocycles. The first-order valence-electron chi connectivity index (χ1n) is 5.93. The van der Waals surface area contributed by atoms with E-state index in [0.29, 0.717) is 11.6 Å². The van der Waals surface area contributed by atoms with E-state index >= 15 is 0 Å². The second-order valence-electron chi connectivity index (χ2n) is 4.44. The number of hydrogen-bond donors (Lipinski definition) is 1. The number of benzene rings is 2. The summed E-state index contributed by atoms with van der Waals surface area (Å²) in [6, 6.07) is 5.57. The van der Waals surface area contributed by atoms with Crippen LogP contribution in [0.4, 0.5) is 20.2 Å². The molecule has 0 saturated carbocycles. The predicted molar refractivity (Wildman–Crippen MR) is 75.0 cm³/mol. The van der Waals surface area contributed by atoms with Crippen molar-refractivity contribution in [1.29, 1.82) is 0 Å². The Balaban J connectivity index is 2.39. The molecule has 2 rings (SSSR count). The third-order valence-corrected chi connectivity index (χ3v) is 4.25. The van der Waals surface area contributed by atoms with Gasteiger partial charge in [-0.2, -0.15) is 0 Å². The number of halogens is 2. The van der Waals surface area contributed by atoms with Gasteiger partial charge in [0, 0.05) is 18.2 Å². The van der Waals surface area contributed by atoms with Crippen LogP contribution in [-0.4, -0.2) is 13.3 Å². The second-order valence-corrected chi connectivity index (χ2v) is 6.09. The monoisotopic (exact) mass is 328 g/mol. The van der Waals surface area contributed by atoms with Gasteiger partial charge in [-0.15, -0.1) is 0 Å². The fraction of sp³-hybridized carbons (Fsp3) is 0.0769. The predicted octanol–water partition coefficient (Wildman–Crippen LogP) is 2.98. The minimum atomic E-state index is -4.28. The Morgan fingerprint density at radius 1 is 1.14 bits per heavy atom. The number of non-ortho nitro benzene ring substituents is 1. The van der Waals surface area contributed by atoms with Crippen molar-refractivity contribution in [3.63, 3.8) is 0 Å². The van der Waals surface area contributed by atoms with Crippen LogP contribution in [0.2, 0.25) is 0 Å². The topological polar surface area (TPSA) is 89.3 Å². The molecule has 0 spiro atoms. The third-order valence-electron chi connectivity index (χ3n) is 2.85. The minimum Gasteiger partial charge on any atom is -0.279 e. The zero-order chi connectivity index (χ0) is 16.5. The quantitative estimate of drug-likeness (QED) is 0.690. The molecule has 0 radical (unpaired) electrons. The number of nitro groups is 1. The summed E-state index contributed by atoms with van der Waals surface area (Å²) < 4.78 is 52.7. The molecule has 0 aromatic heterocycles. The van der Waals surface area contributed by atoms with Crippen molar-refractivity contribution in [2.24, 2.45) is 0 Å². The van der Waals surface area contributed by atoms with Crippen LogP contribution in [0.3, 0.4) is 0 Å². The molecule has 6 nitrogen and oxygen atoms in total. The highest BCUT2D eigenvalue weighted by Gasteiger charge is 2.21. The van der Waals surface area contributed by atoms with E-state index in [0.717, 1.165) is 18.2 Å². The largest absolute Gasteiger partial charge is 0.279 e. The average Bonchev–Trinajstić information content (AvgIpc) is 2.40. The van der Waals surface area contributed by atoms with Crippen LogP contribution >= 0.6 is 0 Å². The van der Waals surface area contributed by atoms with Gasteiger partial charge in [0.25, 0.3) is 15.7 Å². The molecule has 0 heterocycles. The smallest absolute Gasteiger partial charge is 0.269 e. The Hall–Kier alpha value is -2.55. The highest BCUT2D eigenvalue weighted by molar-refractivity contribution is 7.92. The summed E-state index contributed by atoms with van der Waals surface area (Å²) in [7, 11) is -4.28. The summed E-state index contributed by atoms with van der Waals surface area (Å²) in [5.74, 6) is -2.13. The summed E-state index contributed by atoms with van der Waals surface area (Å²) >= 11 is 0. The first-order valence-corrected chi connectivity index (χ1v) is 7.42. The molecular weight excluding hydrogens is 318 g/mol. The molecule has 0 amide bonds. The van der Waals surface area contributed by atoms with Gasteiger partial charge in [0.05, 0.1) is 10.6 Å². The zero-order valence-electron chi connectivity index (χ0n) is 11.2. The van der Waals surface area contributed by atoms with Crippen molar-refractivity contribution in [3.8, 4) is 0 Å². The highest BCUT2D eigenvalue weighted by Crippen LogP contribution is 2.25. The van der Waals surface area contributed by atoms with Crippen molar-refractivity contribution in [3.05, 3.63) is 63.7 Å². The number of anilines is 1. The van der Waals surface area contributed by atoms with Crippen LogP contribution in [-0.2, 0) is 10.0 Å². The molecule has 9 heteroatoms. The van der Waals surface area contributed by atoms with E-state index in [4.69, 9.17) is 0 Å². The van der Waals surface area contributed by atoms with Crippen LogP contribution in [0.5, 0.6) is 0 Å². The molecular formula is C13H10F2N2O4S. The number of hydrogen-bond acceptors (Lipinski definition) is 4. The Morgan fingerprint density at radius 3 is 2.36 bits per heavy atom. The highest BCUT2D eigenvalue weighted by atomic mass is 32.2. The SMILES string of the molecule is Cc1cc([N+](=O)[O-])ccc1NS(=O)(=O)c1ccc(F)cc1F. The van der Waals surface area contributed by atoms with Crippen LogP contribution in [0.15, 0.2) is 41.3 Å². The summed E-state index contributed by atoms with van der Waals surface area (Å²) in [5.41, 5.74) is 0.156. The van der Waals surface area contributed by atoms with Gasteiger partial charge >= 0.3 is 0 Å². The van der Waals surface area contributed by atoms with E-state index < -0.39 is 31.5 Å². The van der Waals surface area contributed by atoms with Crippen molar-refractivity contribution in [1.82, 2.24) is 0 Å². The third kappa shape index (κ3) is 3.19. The minimum absolute atomic E-state index is 0.0642. The van der Waals surface area contributed by atoms with Gasteiger partial charge in [-0.3, -0.25) is 14.8 Å². The van der Waals surface area contributed by atoms with E-state index in [9.17, 15) is 27.3 Å². The van der Waals surface area contributed by atoms with Crippen molar-refractivity contribution in [2.45, 2.75) is 11.8 Å². The molecule has 0 saturated heterocycles. The van der Waals surface area contributed by atoms with E-state index in [1.54, 1.807) is 0 Å². The van der Waals surface area contributed by atoms with Crippen LogP contribution in [0.1, 0.15) is 5.56 Å². The maximum Gasteiger partial charge on any atom is 0.269 e. The lowest BCUT2D eigenvalue weighted by atomic mass is 10.2. The van der Waals surface area contributed by atoms with Gasteiger partial charge in [-0.25, -0.2) is 17.2 Å². The molecule has 0 aliphatic rings. The normalized spacial score (nSPS) is 11.2. The number of rotatable bonds is 4. The molecule has 2 aromatic rings. The van der Waals surface area contributed by atoms with Crippen molar-refractivity contribution < 1.29 is 22.1 Å². The molecule has 0 unspecified atom stereocenters. The number of sulfonamides is 1. The van der Waals surface area contributed by atoms with Gasteiger partial charge in [-0.1, -0.05) is 0 Å². The fourth-order valence-electron chi connectivity index (χ4n) is 1.77. The fourth-order valence-corrected chi connectivity index (χ4v) is 2.96. The lowest BCUT2D eigenvalue weighted by Gasteiger charge is -2.11. The first kappa shape index (κ1) is 15.8. The molecule has 116 valence electrons. The Kier molecular flexibility index (Phi) is 4.09. The number of nitro benzene ring substituents is 1. The number of nitrogens with zero attached hydrogens (tertiary/aromatic N) is 1. The van der Waals surface area contributed by atoms with E-state index in [-0.39, 0.29) is 11.4 Å². The summed E-state index contributed by atoms with van der Waals surface area (Å²) in [6.45, 7) is 1.46. The summed E-state index contributed by atoms with van der Waals surface area (Å²) in [5, 5.41) is 10.6. The van der Waals surface area contributed by atoms with Gasteiger partial charge in [0.15, 0.2) is 0 Å². The van der Waals surface area contributed by atoms with Gasteiger partial charge in [0.1, 0.15) is 16.5 Å². The Bertz CT molecular complexity index is 853. The Morgan fingerprint density at radius 2 is 1.82 bits per heavy atom. The summed E-state index contributed by atoms with van der Waals surface area (Å²) in [6.07, 6.45) is 0. The maximum absolute atomic E-state index is 13.6. The van der Waals surface area contributed by atoms with E-state index in [1.807, 2.05) is 0 Å². The number of aryl methyl sites for hydroxylation is 1. The standard InChI is InChI=1S/C13H10F2N2O4S/c1-8-6-10(17(18)19)3-4-12(8)16-22(20,21)13-5-2-9(14)7-11(13)15/h2-7,16H,1H3. The van der Waals surface area contributed by atoms with Gasteiger partial charge in [0.2, 0.25) is 0 Å². The first-order chi connectivity index (χ1) is 10.2. The molecule has 0 atom stereocenters. The molecule has 1 N–H and O–H groups in total.